The fourth-order valence-electron chi connectivity index (χ4n) is 2.37. The van der Waals surface area contributed by atoms with Crippen molar-refractivity contribution in [3.05, 3.63) is 29.8 Å². The molecule has 0 saturated carbocycles. The van der Waals surface area contributed by atoms with E-state index >= 15 is 0 Å². The summed E-state index contributed by atoms with van der Waals surface area (Å²) in [6.07, 6.45) is 1.23. The summed E-state index contributed by atoms with van der Waals surface area (Å²) < 4.78 is 22.8. The van der Waals surface area contributed by atoms with Gasteiger partial charge in [-0.2, -0.15) is 0 Å². The molecule has 2 rings (SSSR count). The summed E-state index contributed by atoms with van der Waals surface area (Å²) in [5.41, 5.74) is 1.47. The Morgan fingerprint density at radius 1 is 1.24 bits per heavy atom. The molecule has 2 N–H and O–H groups in total. The summed E-state index contributed by atoms with van der Waals surface area (Å²) in [5.74, 6) is 0.371. The highest BCUT2D eigenvalue weighted by Gasteiger charge is 2.23. The Labute approximate surface area is 126 Å². The van der Waals surface area contributed by atoms with Gasteiger partial charge in [-0.15, -0.1) is 0 Å². The Morgan fingerprint density at radius 2 is 1.90 bits per heavy atom. The van der Waals surface area contributed by atoms with Gasteiger partial charge >= 0.3 is 0 Å². The van der Waals surface area contributed by atoms with Crippen molar-refractivity contribution in [2.45, 2.75) is 38.8 Å². The van der Waals surface area contributed by atoms with Crippen molar-refractivity contribution in [3.63, 3.8) is 0 Å². The summed E-state index contributed by atoms with van der Waals surface area (Å²) in [5, 5.41) is 6.18. The van der Waals surface area contributed by atoms with E-state index in [4.69, 9.17) is 0 Å². The molecule has 0 atom stereocenters. The van der Waals surface area contributed by atoms with Gasteiger partial charge in [0.1, 0.15) is 9.84 Å². The van der Waals surface area contributed by atoms with Gasteiger partial charge in [-0.3, -0.25) is 4.79 Å². The van der Waals surface area contributed by atoms with E-state index in [2.05, 4.69) is 10.6 Å². The van der Waals surface area contributed by atoms with Crippen molar-refractivity contribution < 1.29 is 13.2 Å². The molecule has 0 aliphatic carbocycles. The third-order valence-electron chi connectivity index (χ3n) is 3.47. The first-order valence-electron chi connectivity index (χ1n) is 7.23. The Bertz CT molecular complexity index is 597. The van der Waals surface area contributed by atoms with Crippen molar-refractivity contribution in [2.24, 2.45) is 0 Å². The van der Waals surface area contributed by atoms with Crippen LogP contribution in [0.2, 0.25) is 0 Å². The van der Waals surface area contributed by atoms with Gasteiger partial charge in [0, 0.05) is 23.3 Å². The molecule has 0 radical (unpaired) electrons. The molecule has 1 fully saturated rings. The summed E-state index contributed by atoms with van der Waals surface area (Å²) in [7, 11) is -2.85. The normalized spacial score (nSPS) is 18.4. The maximum atomic E-state index is 12.0. The van der Waals surface area contributed by atoms with Crippen LogP contribution in [0.25, 0.3) is 0 Å². The molecule has 1 aliphatic heterocycles. The van der Waals surface area contributed by atoms with Crippen molar-refractivity contribution in [1.82, 2.24) is 5.32 Å². The maximum absolute atomic E-state index is 12.0. The number of hydrogen-bond acceptors (Lipinski definition) is 4. The van der Waals surface area contributed by atoms with Crippen LogP contribution in [-0.4, -0.2) is 37.9 Å². The van der Waals surface area contributed by atoms with Crippen LogP contribution in [0.4, 0.5) is 5.69 Å². The van der Waals surface area contributed by atoms with Crippen LogP contribution in [0.5, 0.6) is 0 Å². The minimum atomic E-state index is -2.85. The number of rotatable bonds is 4. The van der Waals surface area contributed by atoms with Gasteiger partial charge in [-0.05, 0) is 44.9 Å². The summed E-state index contributed by atoms with van der Waals surface area (Å²) in [6.45, 7) is 3.84. The van der Waals surface area contributed by atoms with E-state index in [1.54, 1.807) is 12.1 Å². The quantitative estimate of drug-likeness (QED) is 0.889. The van der Waals surface area contributed by atoms with Crippen molar-refractivity contribution in [3.8, 4) is 0 Å². The topological polar surface area (TPSA) is 75.3 Å². The Balaban J connectivity index is 2.00. The van der Waals surface area contributed by atoms with E-state index in [9.17, 15) is 13.2 Å². The molecule has 5 nitrogen and oxygen atoms in total. The van der Waals surface area contributed by atoms with Crippen LogP contribution in [0.1, 0.15) is 37.0 Å². The Morgan fingerprint density at radius 3 is 2.52 bits per heavy atom. The molecule has 1 heterocycles. The molecule has 0 unspecified atom stereocenters. The Kier molecular flexibility index (Phi) is 4.88. The van der Waals surface area contributed by atoms with Crippen LogP contribution in [0, 0.1) is 0 Å². The second kappa shape index (κ2) is 6.47. The standard InChI is InChI=1S/C15H22N2O3S/c1-11(2)16-15(18)12-4-3-5-14(10-12)17-13-6-8-21(19,20)9-7-13/h3-5,10-11,13,17H,6-9H2,1-2H3,(H,16,18). The summed E-state index contributed by atoms with van der Waals surface area (Å²) >= 11 is 0. The van der Waals surface area contributed by atoms with Gasteiger partial charge < -0.3 is 10.6 Å². The van der Waals surface area contributed by atoms with Crippen molar-refractivity contribution >= 4 is 21.4 Å². The van der Waals surface area contributed by atoms with Crippen LogP contribution < -0.4 is 10.6 Å². The van der Waals surface area contributed by atoms with Gasteiger partial charge in [-0.1, -0.05) is 6.07 Å². The van der Waals surface area contributed by atoms with E-state index in [0.717, 1.165) is 5.69 Å². The SMILES string of the molecule is CC(C)NC(=O)c1cccc(NC2CCS(=O)(=O)CC2)c1. The molecule has 1 saturated heterocycles. The maximum Gasteiger partial charge on any atom is 0.251 e. The average molecular weight is 310 g/mol. The lowest BCUT2D eigenvalue weighted by molar-refractivity contribution is 0.0943. The fraction of sp³-hybridized carbons (Fsp3) is 0.533. The van der Waals surface area contributed by atoms with Gasteiger partial charge in [-0.25, -0.2) is 8.42 Å². The first-order valence-corrected chi connectivity index (χ1v) is 9.06. The summed E-state index contributed by atoms with van der Waals surface area (Å²) in [4.78, 5) is 12.0. The molecule has 6 heteroatoms. The lowest BCUT2D eigenvalue weighted by Gasteiger charge is -2.24. The van der Waals surface area contributed by atoms with Gasteiger partial charge in [0.2, 0.25) is 0 Å². The first kappa shape index (κ1) is 15.8. The largest absolute Gasteiger partial charge is 0.382 e. The highest BCUT2D eigenvalue weighted by atomic mass is 32.2. The fourth-order valence-corrected chi connectivity index (χ4v) is 3.86. The smallest absolute Gasteiger partial charge is 0.251 e. The van der Waals surface area contributed by atoms with E-state index in [0.29, 0.717) is 18.4 Å². The van der Waals surface area contributed by atoms with E-state index < -0.39 is 9.84 Å². The lowest BCUT2D eigenvalue weighted by atomic mass is 10.1. The molecule has 116 valence electrons. The zero-order chi connectivity index (χ0) is 15.5. The van der Waals surface area contributed by atoms with Crippen molar-refractivity contribution in [2.75, 3.05) is 16.8 Å². The Hall–Kier alpha value is -1.56. The zero-order valence-electron chi connectivity index (χ0n) is 12.4. The van der Waals surface area contributed by atoms with Crippen molar-refractivity contribution in [1.29, 1.82) is 0 Å². The molecule has 1 aromatic rings. The third-order valence-corrected chi connectivity index (χ3v) is 5.19. The van der Waals surface area contributed by atoms with Gasteiger partial charge in [0.05, 0.1) is 11.5 Å². The number of hydrogen-bond donors (Lipinski definition) is 2. The number of anilines is 1. The minimum Gasteiger partial charge on any atom is -0.382 e. The van der Waals surface area contributed by atoms with Crippen LogP contribution >= 0.6 is 0 Å². The average Bonchev–Trinajstić information content (AvgIpc) is 2.41. The third kappa shape index (κ3) is 4.74. The van der Waals surface area contributed by atoms with Gasteiger partial charge in [0.15, 0.2) is 0 Å². The molecule has 0 bridgehead atoms. The molecular formula is C15H22N2O3S. The molecule has 1 amide bonds. The van der Waals surface area contributed by atoms with Crippen LogP contribution in [-0.2, 0) is 9.84 Å². The highest BCUT2D eigenvalue weighted by molar-refractivity contribution is 7.91. The number of nitrogens with one attached hydrogen (secondary N) is 2. The van der Waals surface area contributed by atoms with Crippen LogP contribution in [0.15, 0.2) is 24.3 Å². The second-order valence-electron chi connectivity index (χ2n) is 5.78. The number of benzene rings is 1. The van der Waals surface area contributed by atoms with E-state index in [1.165, 1.54) is 0 Å². The molecule has 0 aromatic heterocycles. The van der Waals surface area contributed by atoms with E-state index in [1.807, 2.05) is 26.0 Å². The molecule has 1 aromatic carbocycles. The molecule has 0 spiro atoms. The lowest BCUT2D eigenvalue weighted by Crippen LogP contribution is -2.32. The number of carbonyl (C=O) groups excluding carboxylic acids is 1. The molecule has 21 heavy (non-hydrogen) atoms. The molecule has 1 aliphatic rings. The number of sulfone groups is 1. The number of carbonyl (C=O) groups is 1. The predicted octanol–water partition coefficient (Wildman–Crippen LogP) is 1.81. The summed E-state index contributed by atoms with van der Waals surface area (Å²) in [6, 6.07) is 7.55. The zero-order valence-corrected chi connectivity index (χ0v) is 13.2. The van der Waals surface area contributed by atoms with Crippen LogP contribution in [0.3, 0.4) is 0 Å². The second-order valence-corrected chi connectivity index (χ2v) is 8.08. The van der Waals surface area contributed by atoms with Gasteiger partial charge in [0.25, 0.3) is 5.91 Å². The monoisotopic (exact) mass is 310 g/mol. The predicted molar refractivity (Wildman–Crippen MR) is 84.3 cm³/mol. The first-order chi connectivity index (χ1) is 9.85. The van der Waals surface area contributed by atoms with E-state index in [-0.39, 0.29) is 29.5 Å². The minimum absolute atomic E-state index is 0.0951. The molecular weight excluding hydrogens is 288 g/mol. The number of amides is 1. The highest BCUT2D eigenvalue weighted by Crippen LogP contribution is 2.19.